The molecule has 1 saturated heterocycles. The molecule has 0 aromatic carbocycles. The van der Waals surface area contributed by atoms with Crippen LogP contribution in [0.1, 0.15) is 44.6 Å². The molecule has 0 bridgehead atoms. The van der Waals surface area contributed by atoms with Crippen molar-refractivity contribution in [3.05, 3.63) is 23.9 Å². The third kappa shape index (κ3) is 3.71. The molecule has 2 rings (SSSR count). The summed E-state index contributed by atoms with van der Waals surface area (Å²) in [5.41, 5.74) is 1.09. The molecule has 110 valence electrons. The molecule has 1 aromatic heterocycles. The Balaban J connectivity index is 2.02. The maximum absolute atomic E-state index is 12.3. The normalized spacial score (nSPS) is 19.8. The van der Waals surface area contributed by atoms with E-state index in [-0.39, 0.29) is 5.91 Å². The van der Waals surface area contributed by atoms with Crippen molar-refractivity contribution in [2.45, 2.75) is 45.6 Å². The average Bonchev–Trinajstić information content (AvgIpc) is 2.64. The van der Waals surface area contributed by atoms with Crippen molar-refractivity contribution in [1.29, 1.82) is 0 Å². The van der Waals surface area contributed by atoms with Crippen molar-refractivity contribution >= 4 is 11.7 Å². The van der Waals surface area contributed by atoms with Crippen molar-refractivity contribution in [2.24, 2.45) is 5.92 Å². The van der Waals surface area contributed by atoms with Crippen LogP contribution in [0.25, 0.3) is 0 Å². The fraction of sp³-hybridized carbons (Fsp3) is 0.625. The molecular weight excluding hydrogens is 250 g/mol. The van der Waals surface area contributed by atoms with E-state index in [1.165, 1.54) is 12.8 Å². The number of likely N-dealkylation sites (tertiary alicyclic amines) is 1. The molecule has 1 atom stereocenters. The van der Waals surface area contributed by atoms with E-state index in [4.69, 9.17) is 0 Å². The average molecular weight is 275 g/mol. The number of pyridine rings is 1. The maximum atomic E-state index is 12.3. The molecule has 2 heterocycles. The SMILES string of the molecule is CCCC1CCC(=O)N(Cc2cccnc2NC)CC1. The Morgan fingerprint density at radius 2 is 2.30 bits per heavy atom. The van der Waals surface area contributed by atoms with Crippen molar-refractivity contribution < 1.29 is 4.79 Å². The van der Waals surface area contributed by atoms with Crippen LogP contribution >= 0.6 is 0 Å². The summed E-state index contributed by atoms with van der Waals surface area (Å²) in [5, 5.41) is 3.10. The fourth-order valence-corrected chi connectivity index (χ4v) is 2.95. The number of nitrogens with one attached hydrogen (secondary N) is 1. The highest BCUT2D eigenvalue weighted by Gasteiger charge is 2.22. The van der Waals surface area contributed by atoms with Crippen LogP contribution in [0.15, 0.2) is 18.3 Å². The van der Waals surface area contributed by atoms with E-state index in [1.807, 2.05) is 24.1 Å². The van der Waals surface area contributed by atoms with Crippen LogP contribution in [0.4, 0.5) is 5.82 Å². The third-order valence-electron chi connectivity index (χ3n) is 4.11. The first kappa shape index (κ1) is 14.8. The molecule has 1 amide bonds. The zero-order chi connectivity index (χ0) is 14.4. The third-order valence-corrected chi connectivity index (χ3v) is 4.11. The Bertz CT molecular complexity index is 447. The highest BCUT2D eigenvalue weighted by Crippen LogP contribution is 2.24. The van der Waals surface area contributed by atoms with Crippen LogP contribution in [0.2, 0.25) is 0 Å². The fourth-order valence-electron chi connectivity index (χ4n) is 2.95. The minimum absolute atomic E-state index is 0.287. The Labute approximate surface area is 121 Å². The minimum Gasteiger partial charge on any atom is -0.373 e. The first-order chi connectivity index (χ1) is 9.74. The van der Waals surface area contributed by atoms with Gasteiger partial charge in [-0.25, -0.2) is 4.98 Å². The second-order valence-corrected chi connectivity index (χ2v) is 5.56. The predicted octanol–water partition coefficient (Wildman–Crippen LogP) is 3.05. The molecule has 4 heteroatoms. The van der Waals surface area contributed by atoms with Crippen LogP contribution in [0.3, 0.4) is 0 Å². The molecule has 1 fully saturated rings. The summed E-state index contributed by atoms with van der Waals surface area (Å²) in [7, 11) is 1.87. The van der Waals surface area contributed by atoms with E-state index in [0.717, 1.165) is 30.8 Å². The molecule has 20 heavy (non-hydrogen) atoms. The van der Waals surface area contributed by atoms with Gasteiger partial charge in [0.05, 0.1) is 0 Å². The summed E-state index contributed by atoms with van der Waals surface area (Å²) >= 11 is 0. The van der Waals surface area contributed by atoms with Gasteiger partial charge >= 0.3 is 0 Å². The number of aromatic nitrogens is 1. The molecule has 0 spiro atoms. The Morgan fingerprint density at radius 1 is 1.45 bits per heavy atom. The maximum Gasteiger partial charge on any atom is 0.222 e. The van der Waals surface area contributed by atoms with E-state index < -0.39 is 0 Å². The number of rotatable bonds is 5. The van der Waals surface area contributed by atoms with E-state index in [2.05, 4.69) is 17.2 Å². The second kappa shape index (κ2) is 7.27. The summed E-state index contributed by atoms with van der Waals surface area (Å²) in [6, 6.07) is 3.97. The highest BCUT2D eigenvalue weighted by atomic mass is 16.2. The van der Waals surface area contributed by atoms with Crippen molar-refractivity contribution in [3.8, 4) is 0 Å². The molecule has 1 unspecified atom stereocenters. The lowest BCUT2D eigenvalue weighted by atomic mass is 9.96. The Kier molecular flexibility index (Phi) is 5.39. The first-order valence-electron chi connectivity index (χ1n) is 7.64. The van der Waals surface area contributed by atoms with Gasteiger partial charge in [0.15, 0.2) is 0 Å². The molecule has 4 nitrogen and oxygen atoms in total. The van der Waals surface area contributed by atoms with Gasteiger partial charge in [-0.3, -0.25) is 4.79 Å². The Morgan fingerprint density at radius 3 is 3.05 bits per heavy atom. The zero-order valence-corrected chi connectivity index (χ0v) is 12.6. The number of amides is 1. The predicted molar refractivity (Wildman–Crippen MR) is 81.4 cm³/mol. The molecule has 1 aliphatic rings. The van der Waals surface area contributed by atoms with Gasteiger partial charge in [-0.15, -0.1) is 0 Å². The van der Waals surface area contributed by atoms with Gasteiger partial charge in [-0.05, 0) is 24.8 Å². The van der Waals surface area contributed by atoms with E-state index >= 15 is 0 Å². The lowest BCUT2D eigenvalue weighted by Gasteiger charge is -2.22. The lowest BCUT2D eigenvalue weighted by Crippen LogP contribution is -2.30. The van der Waals surface area contributed by atoms with Crippen LogP contribution in [0.5, 0.6) is 0 Å². The Hall–Kier alpha value is -1.58. The van der Waals surface area contributed by atoms with Gasteiger partial charge in [0, 0.05) is 38.3 Å². The smallest absolute Gasteiger partial charge is 0.222 e. The number of carbonyl (C=O) groups excluding carboxylic acids is 1. The van der Waals surface area contributed by atoms with E-state index in [1.54, 1.807) is 6.20 Å². The molecule has 1 aromatic rings. The van der Waals surface area contributed by atoms with E-state index in [0.29, 0.717) is 18.9 Å². The number of anilines is 1. The van der Waals surface area contributed by atoms with E-state index in [9.17, 15) is 4.79 Å². The van der Waals surface area contributed by atoms with Crippen LogP contribution in [0, 0.1) is 5.92 Å². The molecular formula is C16H25N3O. The van der Waals surface area contributed by atoms with Gasteiger partial charge < -0.3 is 10.2 Å². The standard InChI is InChI=1S/C16H25N3O/c1-3-5-13-7-8-15(20)19(11-9-13)12-14-6-4-10-18-16(14)17-2/h4,6,10,13H,3,5,7-9,11-12H2,1-2H3,(H,17,18). The summed E-state index contributed by atoms with van der Waals surface area (Å²) in [6.07, 6.45) is 7.11. The summed E-state index contributed by atoms with van der Waals surface area (Å²) in [6.45, 7) is 3.77. The molecule has 1 aliphatic heterocycles. The number of hydrogen-bond acceptors (Lipinski definition) is 3. The van der Waals surface area contributed by atoms with Crippen molar-refractivity contribution in [1.82, 2.24) is 9.88 Å². The molecule has 0 radical (unpaired) electrons. The largest absolute Gasteiger partial charge is 0.373 e. The van der Waals surface area contributed by atoms with Crippen molar-refractivity contribution in [2.75, 3.05) is 18.9 Å². The minimum atomic E-state index is 0.287. The number of nitrogens with zero attached hydrogens (tertiary/aromatic N) is 2. The molecule has 0 saturated carbocycles. The van der Waals surface area contributed by atoms with Gasteiger partial charge in [0.25, 0.3) is 0 Å². The summed E-state index contributed by atoms with van der Waals surface area (Å²) in [4.78, 5) is 18.6. The van der Waals surface area contributed by atoms with Crippen LogP contribution in [-0.2, 0) is 11.3 Å². The van der Waals surface area contributed by atoms with Gasteiger partial charge in [0.2, 0.25) is 5.91 Å². The van der Waals surface area contributed by atoms with Gasteiger partial charge in [0.1, 0.15) is 5.82 Å². The van der Waals surface area contributed by atoms with Gasteiger partial charge in [-0.2, -0.15) is 0 Å². The second-order valence-electron chi connectivity index (χ2n) is 5.56. The first-order valence-corrected chi connectivity index (χ1v) is 7.64. The molecule has 1 N–H and O–H groups in total. The number of hydrogen-bond donors (Lipinski definition) is 1. The van der Waals surface area contributed by atoms with Crippen LogP contribution in [-0.4, -0.2) is 29.4 Å². The topological polar surface area (TPSA) is 45.2 Å². The van der Waals surface area contributed by atoms with Gasteiger partial charge in [-0.1, -0.05) is 25.8 Å². The van der Waals surface area contributed by atoms with Crippen molar-refractivity contribution in [3.63, 3.8) is 0 Å². The number of carbonyl (C=O) groups is 1. The zero-order valence-electron chi connectivity index (χ0n) is 12.6. The highest BCUT2D eigenvalue weighted by molar-refractivity contribution is 5.76. The summed E-state index contributed by atoms with van der Waals surface area (Å²) in [5.74, 6) is 1.87. The monoisotopic (exact) mass is 275 g/mol. The molecule has 0 aliphatic carbocycles. The lowest BCUT2D eigenvalue weighted by molar-refractivity contribution is -0.131. The summed E-state index contributed by atoms with van der Waals surface area (Å²) < 4.78 is 0. The van der Waals surface area contributed by atoms with Crippen LogP contribution < -0.4 is 5.32 Å². The quantitative estimate of drug-likeness (QED) is 0.898.